The average Bonchev–Trinajstić information content (AvgIpc) is 2.86. The molecule has 2 amide bonds. The second-order valence-electron chi connectivity index (χ2n) is 11.1. The molecule has 0 bridgehead atoms. The SMILES string of the molecule is Cc1ccc(CN(C(=O)COc2ccc(C(C)(C)C)cc2Br)[C@H](Cc2ccccc2)C(=O)NC(C)C)cc1. The highest BCUT2D eigenvalue weighted by Gasteiger charge is 2.31. The maximum absolute atomic E-state index is 13.8. The van der Waals surface area contributed by atoms with Crippen molar-refractivity contribution in [1.29, 1.82) is 0 Å². The van der Waals surface area contributed by atoms with Gasteiger partial charge >= 0.3 is 0 Å². The van der Waals surface area contributed by atoms with Gasteiger partial charge in [-0.25, -0.2) is 0 Å². The Bertz CT molecular complexity index is 1220. The number of benzene rings is 3. The molecule has 0 aliphatic heterocycles. The Balaban J connectivity index is 1.90. The summed E-state index contributed by atoms with van der Waals surface area (Å²) >= 11 is 3.60. The van der Waals surface area contributed by atoms with Crippen LogP contribution in [0.2, 0.25) is 0 Å². The van der Waals surface area contributed by atoms with Gasteiger partial charge in [0.25, 0.3) is 5.91 Å². The molecule has 3 rings (SSSR count). The third-order valence-corrected chi connectivity index (χ3v) is 6.94. The Kier molecular flexibility index (Phi) is 10.1. The molecule has 0 saturated heterocycles. The van der Waals surface area contributed by atoms with E-state index in [2.05, 4.69) is 42.0 Å². The Morgan fingerprint density at radius 1 is 0.947 bits per heavy atom. The number of hydrogen-bond acceptors (Lipinski definition) is 3. The number of hydrogen-bond donors (Lipinski definition) is 1. The molecule has 1 atom stereocenters. The zero-order valence-corrected chi connectivity index (χ0v) is 24.8. The number of ether oxygens (including phenoxy) is 1. The molecule has 0 saturated carbocycles. The molecule has 0 heterocycles. The summed E-state index contributed by atoms with van der Waals surface area (Å²) in [7, 11) is 0. The number of nitrogens with zero attached hydrogens (tertiary/aromatic N) is 1. The Labute approximate surface area is 235 Å². The normalized spacial score (nSPS) is 12.2. The lowest BCUT2D eigenvalue weighted by Gasteiger charge is -2.32. The van der Waals surface area contributed by atoms with Crippen molar-refractivity contribution in [1.82, 2.24) is 10.2 Å². The summed E-state index contributed by atoms with van der Waals surface area (Å²) in [4.78, 5) is 28.9. The molecular weight excluding hydrogens is 540 g/mol. The van der Waals surface area contributed by atoms with Gasteiger partial charge in [0.05, 0.1) is 4.47 Å². The molecule has 202 valence electrons. The molecule has 0 aliphatic rings. The fourth-order valence-corrected chi connectivity index (χ4v) is 4.62. The Hall–Kier alpha value is -3.12. The summed E-state index contributed by atoms with van der Waals surface area (Å²) in [5.74, 6) is 0.158. The van der Waals surface area contributed by atoms with Crippen molar-refractivity contribution in [2.24, 2.45) is 0 Å². The molecule has 6 heteroatoms. The highest BCUT2D eigenvalue weighted by molar-refractivity contribution is 9.10. The molecule has 5 nitrogen and oxygen atoms in total. The lowest BCUT2D eigenvalue weighted by atomic mass is 9.87. The highest BCUT2D eigenvalue weighted by atomic mass is 79.9. The molecule has 0 fully saturated rings. The molecular formula is C32H39BrN2O3. The van der Waals surface area contributed by atoms with Crippen LogP contribution in [0.3, 0.4) is 0 Å². The van der Waals surface area contributed by atoms with E-state index in [9.17, 15) is 9.59 Å². The first-order valence-corrected chi connectivity index (χ1v) is 13.9. The number of rotatable bonds is 10. The van der Waals surface area contributed by atoms with Crippen LogP contribution in [-0.4, -0.2) is 35.4 Å². The van der Waals surface area contributed by atoms with Gasteiger partial charge < -0.3 is 15.0 Å². The van der Waals surface area contributed by atoms with Crippen molar-refractivity contribution in [2.45, 2.75) is 72.0 Å². The average molecular weight is 580 g/mol. The van der Waals surface area contributed by atoms with E-state index in [4.69, 9.17) is 4.74 Å². The van der Waals surface area contributed by atoms with Crippen LogP contribution in [0.15, 0.2) is 77.3 Å². The van der Waals surface area contributed by atoms with Crippen molar-refractivity contribution >= 4 is 27.7 Å². The van der Waals surface area contributed by atoms with E-state index in [1.807, 2.05) is 93.6 Å². The predicted molar refractivity (Wildman–Crippen MR) is 157 cm³/mol. The fraction of sp³-hybridized carbons (Fsp3) is 0.375. The van der Waals surface area contributed by atoms with Gasteiger partial charge in [-0.05, 0) is 70.9 Å². The quantitative estimate of drug-likeness (QED) is 0.295. The van der Waals surface area contributed by atoms with E-state index in [-0.39, 0.29) is 29.9 Å². The fourth-order valence-electron chi connectivity index (χ4n) is 4.13. The minimum absolute atomic E-state index is 0.00383. The molecule has 0 unspecified atom stereocenters. The first-order valence-electron chi connectivity index (χ1n) is 13.1. The van der Waals surface area contributed by atoms with Crippen LogP contribution in [-0.2, 0) is 28.0 Å². The van der Waals surface area contributed by atoms with Crippen molar-refractivity contribution < 1.29 is 14.3 Å². The van der Waals surface area contributed by atoms with E-state index in [1.165, 1.54) is 0 Å². The van der Waals surface area contributed by atoms with Gasteiger partial charge in [0, 0.05) is 19.0 Å². The van der Waals surface area contributed by atoms with Gasteiger partial charge in [-0.1, -0.05) is 87.0 Å². The van der Waals surface area contributed by atoms with Crippen LogP contribution in [0.1, 0.15) is 56.9 Å². The summed E-state index contributed by atoms with van der Waals surface area (Å²) in [6.45, 7) is 12.4. The number of halogens is 1. The lowest BCUT2D eigenvalue weighted by molar-refractivity contribution is -0.143. The van der Waals surface area contributed by atoms with Crippen LogP contribution in [0.25, 0.3) is 0 Å². The first kappa shape index (κ1) is 29.4. The van der Waals surface area contributed by atoms with Crippen molar-refractivity contribution in [3.63, 3.8) is 0 Å². The van der Waals surface area contributed by atoms with Crippen LogP contribution in [0, 0.1) is 6.92 Å². The van der Waals surface area contributed by atoms with Gasteiger partial charge in [0.1, 0.15) is 11.8 Å². The Morgan fingerprint density at radius 3 is 2.18 bits per heavy atom. The molecule has 38 heavy (non-hydrogen) atoms. The van der Waals surface area contributed by atoms with E-state index in [0.717, 1.165) is 26.7 Å². The maximum atomic E-state index is 13.8. The molecule has 0 spiro atoms. The Morgan fingerprint density at radius 2 is 1.61 bits per heavy atom. The largest absolute Gasteiger partial charge is 0.483 e. The van der Waals surface area contributed by atoms with Crippen LogP contribution >= 0.6 is 15.9 Å². The zero-order chi connectivity index (χ0) is 27.9. The minimum Gasteiger partial charge on any atom is -0.483 e. The van der Waals surface area contributed by atoms with E-state index in [1.54, 1.807) is 4.90 Å². The number of carbonyl (C=O) groups is 2. The van der Waals surface area contributed by atoms with Crippen molar-refractivity contribution in [2.75, 3.05) is 6.61 Å². The minimum atomic E-state index is -0.691. The molecule has 0 aromatic heterocycles. The number of amides is 2. The third kappa shape index (κ3) is 8.45. The molecule has 3 aromatic rings. The van der Waals surface area contributed by atoms with E-state index >= 15 is 0 Å². The van der Waals surface area contributed by atoms with Crippen LogP contribution in [0.4, 0.5) is 0 Å². The first-order chi connectivity index (χ1) is 17.9. The summed E-state index contributed by atoms with van der Waals surface area (Å²) in [5, 5.41) is 3.02. The number of carbonyl (C=O) groups excluding carboxylic acids is 2. The monoisotopic (exact) mass is 578 g/mol. The smallest absolute Gasteiger partial charge is 0.261 e. The molecule has 0 aliphatic carbocycles. The maximum Gasteiger partial charge on any atom is 0.261 e. The van der Waals surface area contributed by atoms with Crippen LogP contribution < -0.4 is 10.1 Å². The van der Waals surface area contributed by atoms with Crippen LogP contribution in [0.5, 0.6) is 5.75 Å². The topological polar surface area (TPSA) is 58.6 Å². The van der Waals surface area contributed by atoms with Gasteiger partial charge in [0.15, 0.2) is 6.61 Å². The summed E-state index contributed by atoms with van der Waals surface area (Å²) in [6, 6.07) is 23.0. The second kappa shape index (κ2) is 13.1. The van der Waals surface area contributed by atoms with Crippen molar-refractivity contribution in [3.8, 4) is 5.75 Å². The highest BCUT2D eigenvalue weighted by Crippen LogP contribution is 2.31. The summed E-state index contributed by atoms with van der Waals surface area (Å²) < 4.78 is 6.79. The van der Waals surface area contributed by atoms with Crippen molar-refractivity contribution in [3.05, 3.63) is 99.5 Å². The number of nitrogens with one attached hydrogen (secondary N) is 1. The summed E-state index contributed by atoms with van der Waals surface area (Å²) in [6.07, 6.45) is 0.404. The second-order valence-corrected chi connectivity index (χ2v) is 11.9. The molecule has 0 radical (unpaired) electrons. The van der Waals surface area contributed by atoms with Gasteiger partial charge in [-0.15, -0.1) is 0 Å². The van der Waals surface area contributed by atoms with Gasteiger partial charge in [-0.3, -0.25) is 9.59 Å². The molecule has 1 N–H and O–H groups in total. The third-order valence-electron chi connectivity index (χ3n) is 6.32. The van der Waals surface area contributed by atoms with Gasteiger partial charge in [-0.2, -0.15) is 0 Å². The summed E-state index contributed by atoms with van der Waals surface area (Å²) in [5.41, 5.74) is 4.24. The zero-order valence-electron chi connectivity index (χ0n) is 23.3. The molecule has 3 aromatic carbocycles. The van der Waals surface area contributed by atoms with E-state index in [0.29, 0.717) is 18.7 Å². The predicted octanol–water partition coefficient (Wildman–Crippen LogP) is 6.60. The lowest BCUT2D eigenvalue weighted by Crippen LogP contribution is -2.52. The number of aryl methyl sites for hydroxylation is 1. The van der Waals surface area contributed by atoms with Gasteiger partial charge in [0.2, 0.25) is 5.91 Å². The standard InChI is InChI=1S/C32H39BrN2O3/c1-22(2)34-31(37)28(18-24-10-8-7-9-11-24)35(20-25-14-12-23(3)13-15-25)30(36)21-38-29-17-16-26(19-27(29)33)32(4,5)6/h7-17,19,22,28H,18,20-21H2,1-6H3,(H,34,37)/t28-/m1/s1. The van der Waals surface area contributed by atoms with E-state index < -0.39 is 6.04 Å².